The lowest BCUT2D eigenvalue weighted by molar-refractivity contribution is -0.549. The molecule has 0 N–H and O–H groups in total. The molecule has 2 unspecified atom stereocenters. The lowest BCUT2D eigenvalue weighted by Crippen LogP contribution is -2.69. The third-order valence-electron chi connectivity index (χ3n) is 3.96. The van der Waals surface area contributed by atoms with E-state index in [2.05, 4.69) is 11.6 Å². The summed E-state index contributed by atoms with van der Waals surface area (Å²) in [5.41, 5.74) is 0. The first-order valence-corrected chi connectivity index (χ1v) is 8.97. The Morgan fingerprint density at radius 2 is 0.791 bits per heavy atom. The van der Waals surface area contributed by atoms with Gasteiger partial charge in [0.05, 0.1) is 0 Å². The fourth-order valence-electron chi connectivity index (χ4n) is 1.75. The lowest BCUT2D eigenvalue weighted by Gasteiger charge is -2.40. The number of ether oxygens (including phenoxy) is 3. The summed E-state index contributed by atoms with van der Waals surface area (Å²) in [6.07, 6.45) is -49.6. The first-order chi connectivity index (χ1) is 18.0. The number of carbonyl (C=O) groups is 1. The van der Waals surface area contributed by atoms with Crippen LogP contribution in [0.2, 0.25) is 0 Å². The minimum absolute atomic E-state index is 1.00. The molecule has 4 nitrogen and oxygen atoms in total. The second kappa shape index (κ2) is 10.5. The van der Waals surface area contributed by atoms with Crippen molar-refractivity contribution in [3.8, 4) is 0 Å². The lowest BCUT2D eigenvalue weighted by atomic mass is 10.1. The van der Waals surface area contributed by atoms with Gasteiger partial charge in [0.1, 0.15) is 0 Å². The summed E-state index contributed by atoms with van der Waals surface area (Å²) in [6, 6.07) is 0. The Morgan fingerprint density at radius 1 is 0.419 bits per heavy atom. The Morgan fingerprint density at radius 3 is 1.07 bits per heavy atom. The largest absolute Gasteiger partial charge is 0.473 e. The molecule has 258 valence electrons. The number of hydrogen-bond acceptors (Lipinski definition) is 4. The normalized spacial score (nSPS) is 18.7. The van der Waals surface area contributed by atoms with Crippen LogP contribution in [0.5, 0.6) is 0 Å². The molecule has 0 aliphatic rings. The van der Waals surface area contributed by atoms with Crippen molar-refractivity contribution in [2.24, 2.45) is 0 Å². The van der Waals surface area contributed by atoms with Crippen molar-refractivity contribution in [1.29, 1.82) is 0 Å². The number of rotatable bonds is 11. The van der Waals surface area contributed by atoms with E-state index in [0.717, 1.165) is 4.74 Å². The van der Waals surface area contributed by atoms with Gasteiger partial charge in [-0.15, -0.1) is 0 Å². The van der Waals surface area contributed by atoms with Crippen molar-refractivity contribution in [3.05, 3.63) is 0 Å². The van der Waals surface area contributed by atoms with Crippen LogP contribution in [-0.4, -0.2) is 77.7 Å². The third-order valence-corrected chi connectivity index (χ3v) is 4.20. The van der Waals surface area contributed by atoms with E-state index in [4.69, 9.17) is 0 Å². The smallest absolute Gasteiger partial charge is 0.391 e. The first-order valence-electron chi connectivity index (χ1n) is 8.59. The predicted octanol–water partition coefficient (Wildman–Crippen LogP) is 8.10. The van der Waals surface area contributed by atoms with Gasteiger partial charge in [0.25, 0.3) is 0 Å². The van der Waals surface area contributed by atoms with Crippen LogP contribution in [0.3, 0.4) is 0 Å². The molecule has 0 spiro atoms. The van der Waals surface area contributed by atoms with Crippen molar-refractivity contribution in [3.63, 3.8) is 0 Å². The van der Waals surface area contributed by atoms with Crippen LogP contribution in [0.4, 0.5) is 110 Å². The Hall–Kier alpha value is -2.07. The number of esters is 1. The minimum atomic E-state index is -8.68. The second-order valence-corrected chi connectivity index (χ2v) is 7.52. The average molecular weight is 731 g/mol. The molecule has 0 amide bonds. The summed E-state index contributed by atoms with van der Waals surface area (Å²) in [5, 5.41) is -6.92. The maximum absolute atomic E-state index is 14.1. The molecule has 0 aromatic rings. The van der Waals surface area contributed by atoms with E-state index in [1.807, 2.05) is 0 Å². The van der Waals surface area contributed by atoms with Crippen LogP contribution < -0.4 is 0 Å². The monoisotopic (exact) mass is 730 g/mol. The van der Waals surface area contributed by atoms with Crippen LogP contribution >= 0.6 is 11.6 Å². The van der Waals surface area contributed by atoms with Gasteiger partial charge in [0, 0.05) is 0 Å². The van der Waals surface area contributed by atoms with Crippen molar-refractivity contribution in [2.45, 2.75) is 71.7 Å². The molecular weight excluding hydrogens is 731 g/mol. The van der Waals surface area contributed by atoms with Crippen LogP contribution in [-0.2, 0) is 19.0 Å². The van der Waals surface area contributed by atoms with E-state index in [1.54, 1.807) is 0 Å². The first kappa shape index (κ1) is 40.9. The van der Waals surface area contributed by atoms with Gasteiger partial charge in [-0.3, -0.25) is 9.47 Å². The Labute approximate surface area is 219 Å². The van der Waals surface area contributed by atoms with Crippen molar-refractivity contribution < 1.29 is 129 Å². The summed E-state index contributed by atoms with van der Waals surface area (Å²) in [5.74, 6) is -46.6. The molecule has 30 heteroatoms. The highest BCUT2D eigenvalue weighted by Crippen LogP contribution is 2.58. The second-order valence-electron chi connectivity index (χ2n) is 7.05. The summed E-state index contributed by atoms with van der Waals surface area (Å²) >= 11 is 3.35. The van der Waals surface area contributed by atoms with E-state index < -0.39 is 77.7 Å². The molecule has 0 aliphatic heterocycles. The fraction of sp³-hybridized carbons (Fsp3) is 0.923. The number of hydrogen-bond donors (Lipinski definition) is 0. The maximum atomic E-state index is 14.1. The van der Waals surface area contributed by atoms with Crippen molar-refractivity contribution in [1.82, 2.24) is 0 Å². The van der Waals surface area contributed by atoms with Crippen LogP contribution in [0.1, 0.15) is 0 Å². The molecule has 0 fully saturated rings. The third kappa shape index (κ3) is 6.65. The summed E-state index contributed by atoms with van der Waals surface area (Å²) in [7, 11) is 0. The van der Waals surface area contributed by atoms with E-state index in [0.29, 0.717) is 0 Å². The van der Waals surface area contributed by atoms with Gasteiger partial charge in [-0.2, -0.15) is 110 Å². The molecule has 0 radical (unpaired) electrons. The maximum Gasteiger partial charge on any atom is 0.473 e. The van der Waals surface area contributed by atoms with Gasteiger partial charge < -0.3 is 4.74 Å². The standard InChI is InChI=1S/C13ClF25O4/c14-7(23,24)3(16,17)4(18,19)11(34,35)41-1(40)2(15,8(25,26)27)42-13(38,39)6(22,10(31,32)33)43-12(36,37)5(20,21)9(28,29)30. The summed E-state index contributed by atoms with van der Waals surface area (Å²) < 4.78 is 327. The topological polar surface area (TPSA) is 44.8 Å². The zero-order valence-electron chi connectivity index (χ0n) is 18.0. The van der Waals surface area contributed by atoms with Gasteiger partial charge >= 0.3 is 77.7 Å². The SMILES string of the molecule is O=C(OC(F)(F)C(F)(F)C(F)(F)C(F)(F)Cl)C(F)(OC(F)(F)C(F)(OC(F)(F)C(F)(F)C(F)(F)F)C(F)(F)F)C(F)(F)F. The molecule has 0 aromatic carbocycles. The molecule has 0 aliphatic carbocycles. The minimum Gasteiger partial charge on any atom is -0.391 e. The van der Waals surface area contributed by atoms with Crippen LogP contribution in [0.25, 0.3) is 0 Å². The van der Waals surface area contributed by atoms with Crippen molar-refractivity contribution in [2.75, 3.05) is 0 Å². The molecule has 0 heterocycles. The van der Waals surface area contributed by atoms with Gasteiger partial charge in [-0.25, -0.2) is 4.79 Å². The van der Waals surface area contributed by atoms with E-state index >= 15 is 0 Å². The molecule has 0 bridgehead atoms. The Bertz CT molecular complexity index is 1020. The number of alkyl halides is 26. The van der Waals surface area contributed by atoms with E-state index in [-0.39, 0.29) is 0 Å². The predicted molar refractivity (Wildman–Crippen MR) is 74.6 cm³/mol. The van der Waals surface area contributed by atoms with Gasteiger partial charge in [-0.05, 0) is 11.6 Å². The molecule has 0 saturated carbocycles. The quantitative estimate of drug-likeness (QED) is 0.123. The molecule has 43 heavy (non-hydrogen) atoms. The molecular formula is C13ClF25O4. The Balaban J connectivity index is 7.09. The number of halogens is 26. The van der Waals surface area contributed by atoms with Crippen molar-refractivity contribution >= 4 is 17.6 Å². The summed E-state index contributed by atoms with van der Waals surface area (Å²) in [6.45, 7) is 0. The highest BCUT2D eigenvalue weighted by atomic mass is 35.5. The molecule has 0 aromatic heterocycles. The van der Waals surface area contributed by atoms with E-state index in [1.165, 1.54) is 9.47 Å². The van der Waals surface area contributed by atoms with E-state index in [9.17, 15) is 115 Å². The van der Waals surface area contributed by atoms with Crippen LogP contribution in [0, 0.1) is 0 Å². The average Bonchev–Trinajstić information content (AvgIpc) is 2.68. The van der Waals surface area contributed by atoms with Gasteiger partial charge in [-0.1, -0.05) is 0 Å². The fourth-order valence-corrected chi connectivity index (χ4v) is 1.87. The van der Waals surface area contributed by atoms with Gasteiger partial charge in [0.15, 0.2) is 0 Å². The van der Waals surface area contributed by atoms with Crippen LogP contribution in [0.15, 0.2) is 0 Å². The molecule has 0 rings (SSSR count). The number of carbonyl (C=O) groups excluding carboxylic acids is 1. The van der Waals surface area contributed by atoms with Gasteiger partial charge in [0.2, 0.25) is 0 Å². The highest BCUT2D eigenvalue weighted by Gasteiger charge is 2.87. The highest BCUT2D eigenvalue weighted by molar-refractivity contribution is 6.22. The summed E-state index contributed by atoms with van der Waals surface area (Å²) in [4.78, 5) is 11.1. The zero-order chi connectivity index (χ0) is 35.7. The zero-order valence-corrected chi connectivity index (χ0v) is 18.7. The Kier molecular flexibility index (Phi) is 9.99. The molecule has 2 atom stereocenters. The molecule has 0 saturated heterocycles.